The average molecular weight is 327 g/mol. The smallest absolute Gasteiger partial charge is 0.357 e. The first-order chi connectivity index (χ1) is 8.91. The van der Waals surface area contributed by atoms with E-state index in [1.807, 2.05) is 13.8 Å². The van der Waals surface area contributed by atoms with Crippen molar-refractivity contribution in [3.05, 3.63) is 45.9 Å². The molecule has 0 fully saturated rings. The van der Waals surface area contributed by atoms with Crippen LogP contribution in [-0.2, 0) is 0 Å². The lowest BCUT2D eigenvalue weighted by Gasteiger charge is -2.10. The molecule has 19 heavy (non-hydrogen) atoms. The van der Waals surface area contributed by atoms with Crippen LogP contribution in [0.3, 0.4) is 0 Å². The van der Waals surface area contributed by atoms with Crippen molar-refractivity contribution < 1.29 is 14.3 Å². The highest BCUT2D eigenvalue weighted by Crippen LogP contribution is 2.30. The number of benzene rings is 1. The molecular formula is C13H12BrFN2O2. The normalized spacial score (nSPS) is 11.0. The molecule has 0 aliphatic heterocycles. The van der Waals surface area contributed by atoms with Gasteiger partial charge < -0.3 is 5.11 Å². The van der Waals surface area contributed by atoms with Crippen molar-refractivity contribution >= 4 is 21.9 Å². The number of nitrogens with zero attached hydrogens (tertiary/aromatic N) is 2. The van der Waals surface area contributed by atoms with Gasteiger partial charge in [-0.25, -0.2) is 13.9 Å². The van der Waals surface area contributed by atoms with Crippen LogP contribution in [0, 0.1) is 5.82 Å². The number of carboxylic acids is 1. The van der Waals surface area contributed by atoms with Gasteiger partial charge in [0.05, 0.1) is 15.9 Å². The SMILES string of the molecule is CC(C)c1c(Br)c(C(=O)O)nn1-c1ccc(F)cc1. The zero-order valence-electron chi connectivity index (χ0n) is 10.4. The molecule has 1 aromatic carbocycles. The van der Waals surface area contributed by atoms with Gasteiger partial charge >= 0.3 is 5.97 Å². The molecule has 100 valence electrons. The van der Waals surface area contributed by atoms with Gasteiger partial charge in [0.2, 0.25) is 0 Å². The Balaban J connectivity index is 2.65. The van der Waals surface area contributed by atoms with E-state index in [4.69, 9.17) is 5.11 Å². The Hall–Kier alpha value is -1.69. The monoisotopic (exact) mass is 326 g/mol. The van der Waals surface area contributed by atoms with Crippen LogP contribution in [0.15, 0.2) is 28.7 Å². The maximum absolute atomic E-state index is 12.9. The van der Waals surface area contributed by atoms with Crippen molar-refractivity contribution in [1.29, 1.82) is 0 Å². The van der Waals surface area contributed by atoms with Gasteiger partial charge in [-0.2, -0.15) is 5.10 Å². The second kappa shape index (κ2) is 5.13. The molecule has 1 aromatic heterocycles. The van der Waals surface area contributed by atoms with Gasteiger partial charge in [-0.05, 0) is 46.1 Å². The minimum absolute atomic E-state index is 0.0481. The lowest BCUT2D eigenvalue weighted by Crippen LogP contribution is -2.04. The Kier molecular flexibility index (Phi) is 3.71. The third kappa shape index (κ3) is 2.53. The average Bonchev–Trinajstić information content (AvgIpc) is 2.68. The molecule has 4 nitrogen and oxygen atoms in total. The van der Waals surface area contributed by atoms with E-state index in [0.29, 0.717) is 10.2 Å². The molecule has 0 aliphatic carbocycles. The molecule has 0 bridgehead atoms. The van der Waals surface area contributed by atoms with E-state index in [-0.39, 0.29) is 17.4 Å². The number of carbonyl (C=O) groups is 1. The van der Waals surface area contributed by atoms with Crippen LogP contribution in [0.25, 0.3) is 5.69 Å². The first kappa shape index (κ1) is 13.7. The lowest BCUT2D eigenvalue weighted by molar-refractivity contribution is 0.0689. The van der Waals surface area contributed by atoms with E-state index in [1.165, 1.54) is 16.8 Å². The number of hydrogen-bond donors (Lipinski definition) is 1. The highest BCUT2D eigenvalue weighted by atomic mass is 79.9. The first-order valence-electron chi connectivity index (χ1n) is 5.69. The Morgan fingerprint density at radius 1 is 1.37 bits per heavy atom. The third-order valence-corrected chi connectivity index (χ3v) is 3.46. The predicted octanol–water partition coefficient (Wildman–Crippen LogP) is 3.60. The Morgan fingerprint density at radius 2 is 1.95 bits per heavy atom. The topological polar surface area (TPSA) is 55.1 Å². The van der Waals surface area contributed by atoms with Crippen LogP contribution in [0.4, 0.5) is 4.39 Å². The standard InChI is InChI=1S/C13H12BrFN2O2/c1-7(2)12-10(14)11(13(18)19)16-17(12)9-5-3-8(15)4-6-9/h3-7H,1-2H3,(H,18,19). The zero-order chi connectivity index (χ0) is 14.2. The van der Waals surface area contributed by atoms with Gasteiger partial charge in [0.15, 0.2) is 5.69 Å². The van der Waals surface area contributed by atoms with Gasteiger partial charge in [0, 0.05) is 0 Å². The molecule has 0 unspecified atom stereocenters. The van der Waals surface area contributed by atoms with E-state index >= 15 is 0 Å². The maximum atomic E-state index is 12.9. The highest BCUT2D eigenvalue weighted by molar-refractivity contribution is 9.10. The molecule has 0 spiro atoms. The van der Waals surface area contributed by atoms with E-state index in [1.54, 1.807) is 12.1 Å². The first-order valence-corrected chi connectivity index (χ1v) is 6.48. The minimum atomic E-state index is -1.10. The summed E-state index contributed by atoms with van der Waals surface area (Å²) in [6.07, 6.45) is 0. The number of rotatable bonds is 3. The molecule has 0 amide bonds. The number of hydrogen-bond acceptors (Lipinski definition) is 2. The van der Waals surface area contributed by atoms with Gasteiger partial charge in [-0.15, -0.1) is 0 Å². The number of aromatic nitrogens is 2. The summed E-state index contributed by atoms with van der Waals surface area (Å²) >= 11 is 3.28. The largest absolute Gasteiger partial charge is 0.476 e. The van der Waals surface area contributed by atoms with Crippen LogP contribution >= 0.6 is 15.9 Å². The summed E-state index contributed by atoms with van der Waals surface area (Å²) in [6.45, 7) is 3.88. The zero-order valence-corrected chi connectivity index (χ0v) is 12.0. The van der Waals surface area contributed by atoms with E-state index < -0.39 is 5.97 Å². The second-order valence-electron chi connectivity index (χ2n) is 4.40. The van der Waals surface area contributed by atoms with E-state index in [0.717, 1.165) is 5.69 Å². The van der Waals surface area contributed by atoms with Gasteiger partial charge in [0.25, 0.3) is 0 Å². The summed E-state index contributed by atoms with van der Waals surface area (Å²) in [5, 5.41) is 13.2. The minimum Gasteiger partial charge on any atom is -0.476 e. The van der Waals surface area contributed by atoms with Crippen molar-refractivity contribution in [2.45, 2.75) is 19.8 Å². The number of halogens is 2. The van der Waals surface area contributed by atoms with Crippen LogP contribution in [0.2, 0.25) is 0 Å². The maximum Gasteiger partial charge on any atom is 0.357 e. The van der Waals surface area contributed by atoms with Crippen molar-refractivity contribution in [3.8, 4) is 5.69 Å². The Labute approximate surface area is 118 Å². The van der Waals surface area contributed by atoms with Crippen LogP contribution in [0.5, 0.6) is 0 Å². The van der Waals surface area contributed by atoms with Crippen molar-refractivity contribution in [2.75, 3.05) is 0 Å². The lowest BCUT2D eigenvalue weighted by atomic mass is 10.1. The second-order valence-corrected chi connectivity index (χ2v) is 5.19. The number of aromatic carboxylic acids is 1. The molecule has 1 heterocycles. The quantitative estimate of drug-likeness (QED) is 0.937. The van der Waals surface area contributed by atoms with Gasteiger partial charge in [-0.3, -0.25) is 0 Å². The Bertz CT molecular complexity index is 620. The summed E-state index contributed by atoms with van der Waals surface area (Å²) < 4.78 is 14.9. The molecule has 0 radical (unpaired) electrons. The molecule has 6 heteroatoms. The molecular weight excluding hydrogens is 315 g/mol. The molecule has 0 atom stereocenters. The molecule has 2 aromatic rings. The third-order valence-electron chi connectivity index (χ3n) is 2.68. The molecule has 2 rings (SSSR count). The summed E-state index contributed by atoms with van der Waals surface area (Å²) in [6, 6.07) is 5.75. The van der Waals surface area contributed by atoms with Crippen LogP contribution in [0.1, 0.15) is 35.9 Å². The predicted molar refractivity (Wildman–Crippen MR) is 72.3 cm³/mol. The van der Waals surface area contributed by atoms with Crippen LogP contribution < -0.4 is 0 Å². The molecule has 0 aliphatic rings. The fourth-order valence-electron chi connectivity index (χ4n) is 1.83. The summed E-state index contributed by atoms with van der Waals surface area (Å²) in [7, 11) is 0. The summed E-state index contributed by atoms with van der Waals surface area (Å²) in [4.78, 5) is 11.1. The Morgan fingerprint density at radius 3 is 2.42 bits per heavy atom. The fraction of sp³-hybridized carbons (Fsp3) is 0.231. The van der Waals surface area contributed by atoms with Crippen molar-refractivity contribution in [2.24, 2.45) is 0 Å². The van der Waals surface area contributed by atoms with Crippen LogP contribution in [-0.4, -0.2) is 20.9 Å². The van der Waals surface area contributed by atoms with E-state index in [2.05, 4.69) is 21.0 Å². The molecule has 0 saturated heterocycles. The molecule has 1 N–H and O–H groups in total. The van der Waals surface area contributed by atoms with Crippen molar-refractivity contribution in [3.63, 3.8) is 0 Å². The summed E-state index contributed by atoms with van der Waals surface area (Å²) in [5.74, 6) is -1.38. The number of carboxylic acid groups (broad SMARTS) is 1. The van der Waals surface area contributed by atoms with Gasteiger partial charge in [-0.1, -0.05) is 13.8 Å². The fourth-order valence-corrected chi connectivity index (χ4v) is 2.70. The van der Waals surface area contributed by atoms with Crippen molar-refractivity contribution in [1.82, 2.24) is 9.78 Å². The highest BCUT2D eigenvalue weighted by Gasteiger charge is 2.23. The van der Waals surface area contributed by atoms with E-state index in [9.17, 15) is 9.18 Å². The van der Waals surface area contributed by atoms with Gasteiger partial charge in [0.1, 0.15) is 5.82 Å². The molecule has 0 saturated carbocycles. The summed E-state index contributed by atoms with van der Waals surface area (Å²) in [5.41, 5.74) is 1.32.